The predicted molar refractivity (Wildman–Crippen MR) is 61.9 cm³/mol. The first-order chi connectivity index (χ1) is 6.86. The number of rotatable bonds is 2. The third kappa shape index (κ3) is 1.38. The zero-order valence-corrected chi connectivity index (χ0v) is 8.67. The Bertz CT molecular complexity index is 494. The zero-order valence-electron chi connectivity index (χ0n) is 7.86. The number of allylic oxidation sites excluding steroid dienone is 1. The highest BCUT2D eigenvalue weighted by Crippen LogP contribution is 2.30. The van der Waals surface area contributed by atoms with Crippen LogP contribution in [0.15, 0.2) is 30.3 Å². The van der Waals surface area contributed by atoms with Crippen molar-refractivity contribution in [1.82, 2.24) is 0 Å². The van der Waals surface area contributed by atoms with Gasteiger partial charge in [-0.2, -0.15) is 0 Å². The fourth-order valence-electron chi connectivity index (χ4n) is 1.51. The Kier molecular flexibility index (Phi) is 2.46. The van der Waals surface area contributed by atoms with Gasteiger partial charge in [-0.15, -0.1) is 11.3 Å². The van der Waals surface area contributed by atoms with Crippen molar-refractivity contribution in [2.24, 2.45) is 0 Å². The largest absolute Gasteiger partial charge is 0.297 e. The molecule has 1 aromatic heterocycles. The van der Waals surface area contributed by atoms with Gasteiger partial charge in [0.15, 0.2) is 6.29 Å². The number of hydrogen-bond acceptors (Lipinski definition) is 2. The molecule has 0 spiro atoms. The second-order valence-corrected chi connectivity index (χ2v) is 4.08. The molecule has 0 aliphatic rings. The number of fused-ring (bicyclic) bond motifs is 1. The molecule has 0 aliphatic carbocycles. The molecule has 2 heteroatoms. The fourth-order valence-corrected chi connectivity index (χ4v) is 2.52. The molecule has 14 heavy (non-hydrogen) atoms. The van der Waals surface area contributed by atoms with Gasteiger partial charge in [0.1, 0.15) is 0 Å². The molecular formula is C12H10OS. The molecule has 70 valence electrons. The van der Waals surface area contributed by atoms with E-state index in [1.165, 1.54) is 4.70 Å². The fraction of sp³-hybridized carbons (Fsp3) is 0.0833. The third-order valence-electron chi connectivity index (χ3n) is 2.10. The van der Waals surface area contributed by atoms with E-state index < -0.39 is 0 Å². The topological polar surface area (TPSA) is 17.1 Å². The van der Waals surface area contributed by atoms with Crippen LogP contribution in [-0.2, 0) is 0 Å². The second-order valence-electron chi connectivity index (χ2n) is 2.99. The van der Waals surface area contributed by atoms with E-state index in [2.05, 4.69) is 0 Å². The highest BCUT2D eigenvalue weighted by atomic mass is 32.1. The highest BCUT2D eigenvalue weighted by molar-refractivity contribution is 7.20. The van der Waals surface area contributed by atoms with Crippen molar-refractivity contribution in [2.45, 2.75) is 6.92 Å². The Morgan fingerprint density at radius 3 is 2.79 bits per heavy atom. The molecule has 2 aromatic rings. The molecule has 1 aromatic carbocycles. The van der Waals surface area contributed by atoms with E-state index in [1.807, 2.05) is 43.3 Å². The van der Waals surface area contributed by atoms with Crippen molar-refractivity contribution in [2.75, 3.05) is 0 Å². The van der Waals surface area contributed by atoms with E-state index >= 15 is 0 Å². The van der Waals surface area contributed by atoms with Crippen molar-refractivity contribution < 1.29 is 4.79 Å². The van der Waals surface area contributed by atoms with Gasteiger partial charge in [-0.1, -0.05) is 30.4 Å². The SMILES string of the molecule is C/C=C/c1c(C=O)sc2ccccc12. The Morgan fingerprint density at radius 1 is 1.29 bits per heavy atom. The maximum atomic E-state index is 10.8. The van der Waals surface area contributed by atoms with Gasteiger partial charge in [0, 0.05) is 15.6 Å². The number of thiophene rings is 1. The molecule has 2 rings (SSSR count). The van der Waals surface area contributed by atoms with Crippen molar-refractivity contribution in [3.63, 3.8) is 0 Å². The summed E-state index contributed by atoms with van der Waals surface area (Å²) in [5, 5.41) is 1.16. The molecule has 0 amide bonds. The molecule has 0 unspecified atom stereocenters. The van der Waals surface area contributed by atoms with Gasteiger partial charge in [-0.25, -0.2) is 0 Å². The number of benzene rings is 1. The standard InChI is InChI=1S/C12H10OS/c1-2-5-9-10-6-3-4-7-11(10)14-12(9)8-13/h2-8H,1H3/b5-2+. The number of carbonyl (C=O) groups is 1. The third-order valence-corrected chi connectivity index (χ3v) is 3.21. The lowest BCUT2D eigenvalue weighted by atomic mass is 10.1. The van der Waals surface area contributed by atoms with Gasteiger partial charge in [-0.3, -0.25) is 4.79 Å². The summed E-state index contributed by atoms with van der Waals surface area (Å²) in [6.07, 6.45) is 4.88. The number of aldehydes is 1. The van der Waals surface area contributed by atoms with E-state index in [4.69, 9.17) is 0 Å². The first kappa shape index (κ1) is 9.16. The summed E-state index contributed by atoms with van der Waals surface area (Å²) in [4.78, 5) is 11.7. The van der Waals surface area contributed by atoms with Crippen LogP contribution in [0.5, 0.6) is 0 Å². The Hall–Kier alpha value is -1.41. The molecular weight excluding hydrogens is 192 g/mol. The molecule has 0 radical (unpaired) electrons. The maximum Gasteiger partial charge on any atom is 0.160 e. The van der Waals surface area contributed by atoms with E-state index in [0.717, 1.165) is 22.1 Å². The molecule has 1 heterocycles. The van der Waals surface area contributed by atoms with Crippen LogP contribution < -0.4 is 0 Å². The Morgan fingerprint density at radius 2 is 2.07 bits per heavy atom. The molecule has 0 atom stereocenters. The highest BCUT2D eigenvalue weighted by Gasteiger charge is 2.07. The van der Waals surface area contributed by atoms with Gasteiger partial charge < -0.3 is 0 Å². The minimum Gasteiger partial charge on any atom is -0.297 e. The lowest BCUT2D eigenvalue weighted by molar-refractivity contribution is 0.112. The number of carbonyl (C=O) groups excluding carboxylic acids is 1. The van der Waals surface area contributed by atoms with Crippen LogP contribution in [-0.4, -0.2) is 6.29 Å². The first-order valence-corrected chi connectivity index (χ1v) is 5.28. The summed E-state index contributed by atoms with van der Waals surface area (Å²) in [5.74, 6) is 0. The Labute approximate surface area is 86.7 Å². The van der Waals surface area contributed by atoms with E-state index in [9.17, 15) is 4.79 Å². The van der Waals surface area contributed by atoms with E-state index in [0.29, 0.717) is 0 Å². The van der Waals surface area contributed by atoms with Gasteiger partial charge in [0.05, 0.1) is 4.88 Å². The van der Waals surface area contributed by atoms with E-state index in [1.54, 1.807) is 11.3 Å². The van der Waals surface area contributed by atoms with Gasteiger partial charge in [-0.05, 0) is 13.0 Å². The van der Waals surface area contributed by atoms with Crippen molar-refractivity contribution in [3.05, 3.63) is 40.8 Å². The van der Waals surface area contributed by atoms with Crippen LogP contribution in [0.2, 0.25) is 0 Å². The minimum absolute atomic E-state index is 0.810. The quantitative estimate of drug-likeness (QED) is 0.678. The van der Waals surface area contributed by atoms with Crippen LogP contribution in [0.25, 0.3) is 16.2 Å². The smallest absolute Gasteiger partial charge is 0.160 e. The average Bonchev–Trinajstić information content (AvgIpc) is 2.58. The van der Waals surface area contributed by atoms with Crippen LogP contribution >= 0.6 is 11.3 Å². The zero-order chi connectivity index (χ0) is 9.97. The van der Waals surface area contributed by atoms with Crippen molar-refractivity contribution >= 4 is 33.8 Å². The molecule has 0 bridgehead atoms. The van der Waals surface area contributed by atoms with Crippen LogP contribution in [0.1, 0.15) is 22.2 Å². The summed E-state index contributed by atoms with van der Waals surface area (Å²) in [6.45, 7) is 1.96. The molecule has 0 fully saturated rings. The maximum absolute atomic E-state index is 10.8. The summed E-state index contributed by atoms with van der Waals surface area (Å²) >= 11 is 1.54. The van der Waals surface area contributed by atoms with Crippen LogP contribution in [0, 0.1) is 0 Å². The minimum atomic E-state index is 0.810. The molecule has 1 nitrogen and oxygen atoms in total. The monoisotopic (exact) mass is 202 g/mol. The predicted octanol–water partition coefficient (Wildman–Crippen LogP) is 3.75. The van der Waals surface area contributed by atoms with Crippen LogP contribution in [0.3, 0.4) is 0 Å². The van der Waals surface area contributed by atoms with E-state index in [-0.39, 0.29) is 0 Å². The van der Waals surface area contributed by atoms with Crippen LogP contribution in [0.4, 0.5) is 0 Å². The van der Waals surface area contributed by atoms with Gasteiger partial charge in [0.2, 0.25) is 0 Å². The van der Waals surface area contributed by atoms with Crippen molar-refractivity contribution in [1.29, 1.82) is 0 Å². The molecule has 0 saturated carbocycles. The molecule has 0 saturated heterocycles. The normalized spacial score (nSPS) is 11.2. The first-order valence-electron chi connectivity index (χ1n) is 4.46. The van der Waals surface area contributed by atoms with Gasteiger partial charge >= 0.3 is 0 Å². The second kappa shape index (κ2) is 3.76. The summed E-state index contributed by atoms with van der Waals surface area (Å²) in [5.41, 5.74) is 1.04. The lowest BCUT2D eigenvalue weighted by Crippen LogP contribution is -1.76. The van der Waals surface area contributed by atoms with Gasteiger partial charge in [0.25, 0.3) is 0 Å². The Balaban J connectivity index is 2.80. The lowest BCUT2D eigenvalue weighted by Gasteiger charge is -1.91. The summed E-state index contributed by atoms with van der Waals surface area (Å²) in [7, 11) is 0. The molecule has 0 N–H and O–H groups in total. The summed E-state index contributed by atoms with van der Waals surface area (Å²) < 4.78 is 1.17. The van der Waals surface area contributed by atoms with Crippen molar-refractivity contribution in [3.8, 4) is 0 Å². The summed E-state index contributed by atoms with van der Waals surface area (Å²) in [6, 6.07) is 8.08. The molecule has 0 aliphatic heterocycles. The average molecular weight is 202 g/mol. The number of hydrogen-bond donors (Lipinski definition) is 0.